The molecule has 1 amide bonds. The molecule has 2 atom stereocenters. The number of aromatic nitrogens is 3. The van der Waals surface area contributed by atoms with Crippen molar-refractivity contribution in [3.8, 4) is 11.4 Å². The van der Waals surface area contributed by atoms with Gasteiger partial charge in [-0.15, -0.1) is 0 Å². The molecular formula is C20H17F3N4O2. The molecule has 0 spiro atoms. The van der Waals surface area contributed by atoms with Crippen molar-refractivity contribution in [2.45, 2.75) is 24.4 Å². The second kappa shape index (κ2) is 7.65. The van der Waals surface area contributed by atoms with Crippen LogP contribution in [-0.2, 0) is 11.0 Å². The van der Waals surface area contributed by atoms with Gasteiger partial charge in [-0.1, -0.05) is 17.3 Å². The number of likely N-dealkylation sites (tertiary alicyclic amines) is 1. The summed E-state index contributed by atoms with van der Waals surface area (Å²) >= 11 is 0. The van der Waals surface area contributed by atoms with Crippen molar-refractivity contribution < 1.29 is 22.5 Å². The van der Waals surface area contributed by atoms with Crippen LogP contribution < -0.4 is 0 Å². The number of hydrogen-bond acceptors (Lipinski definition) is 5. The maximum Gasteiger partial charge on any atom is 0.416 e. The predicted molar refractivity (Wildman–Crippen MR) is 96.7 cm³/mol. The average Bonchev–Trinajstić information content (AvgIpc) is 3.24. The van der Waals surface area contributed by atoms with E-state index in [-0.39, 0.29) is 11.8 Å². The molecule has 4 rings (SSSR count). The molecule has 3 heterocycles. The first-order valence-electron chi connectivity index (χ1n) is 9.04. The van der Waals surface area contributed by atoms with Crippen LogP contribution in [0.5, 0.6) is 0 Å². The van der Waals surface area contributed by atoms with Gasteiger partial charge in [0.25, 0.3) is 0 Å². The highest BCUT2D eigenvalue weighted by molar-refractivity contribution is 5.52. The Morgan fingerprint density at radius 1 is 1.10 bits per heavy atom. The van der Waals surface area contributed by atoms with Crippen LogP contribution in [-0.4, -0.2) is 39.5 Å². The Morgan fingerprint density at radius 3 is 2.52 bits per heavy atom. The Hall–Kier alpha value is -3.23. The van der Waals surface area contributed by atoms with Crippen LogP contribution in [0.25, 0.3) is 11.4 Å². The third-order valence-corrected chi connectivity index (χ3v) is 5.05. The number of pyridine rings is 1. The number of carbonyl (C=O) groups excluding carboxylic acids is 1. The molecule has 9 heteroatoms. The first kappa shape index (κ1) is 19.1. The summed E-state index contributed by atoms with van der Waals surface area (Å²) in [6, 6.07) is 8.64. The zero-order chi connectivity index (χ0) is 20.4. The van der Waals surface area contributed by atoms with E-state index in [1.807, 2.05) is 6.07 Å². The lowest BCUT2D eigenvalue weighted by molar-refractivity contribution is -0.137. The minimum absolute atomic E-state index is 0.130. The Kier molecular flexibility index (Phi) is 5.04. The second-order valence-corrected chi connectivity index (χ2v) is 7.01. The first-order valence-corrected chi connectivity index (χ1v) is 9.04. The van der Waals surface area contributed by atoms with Gasteiger partial charge in [0.05, 0.1) is 11.5 Å². The van der Waals surface area contributed by atoms with Gasteiger partial charge in [0.1, 0.15) is 0 Å². The molecule has 0 aliphatic carbocycles. The fraction of sp³-hybridized carbons (Fsp3) is 0.300. The smallest absolute Gasteiger partial charge is 0.344 e. The molecule has 1 aliphatic rings. The molecule has 6 nitrogen and oxygen atoms in total. The molecule has 1 aliphatic heterocycles. The lowest BCUT2D eigenvalue weighted by Crippen LogP contribution is -2.37. The van der Waals surface area contributed by atoms with Gasteiger partial charge in [0.2, 0.25) is 18.1 Å². The molecule has 0 bridgehead atoms. The first-order chi connectivity index (χ1) is 13.9. The molecule has 29 heavy (non-hydrogen) atoms. The number of alkyl halides is 3. The van der Waals surface area contributed by atoms with Crippen molar-refractivity contribution in [2.75, 3.05) is 13.1 Å². The highest BCUT2D eigenvalue weighted by atomic mass is 19.4. The molecule has 2 aromatic heterocycles. The van der Waals surface area contributed by atoms with Crippen LogP contribution in [0, 0.1) is 0 Å². The molecule has 1 fully saturated rings. The SMILES string of the molecule is O=CN1CC(c2ccc(C(F)(F)F)cc2)CC(c2nc(-c3cccnc3)no2)C1. The molecule has 1 saturated heterocycles. The topological polar surface area (TPSA) is 72.1 Å². The molecule has 0 N–H and O–H groups in total. The van der Waals surface area contributed by atoms with Gasteiger partial charge in [-0.25, -0.2) is 0 Å². The van der Waals surface area contributed by atoms with Crippen LogP contribution in [0.3, 0.4) is 0 Å². The fourth-order valence-electron chi connectivity index (χ4n) is 3.60. The minimum Gasteiger partial charge on any atom is -0.344 e. The fourth-order valence-corrected chi connectivity index (χ4v) is 3.60. The maximum atomic E-state index is 12.8. The van der Waals surface area contributed by atoms with Gasteiger partial charge in [-0.05, 0) is 36.2 Å². The predicted octanol–water partition coefficient (Wildman–Crippen LogP) is 3.88. The number of benzene rings is 1. The normalized spacial score (nSPS) is 19.9. The van der Waals surface area contributed by atoms with Crippen molar-refractivity contribution in [3.05, 3.63) is 65.8 Å². The maximum absolute atomic E-state index is 12.8. The van der Waals surface area contributed by atoms with E-state index in [0.29, 0.717) is 36.8 Å². The van der Waals surface area contributed by atoms with Crippen LogP contribution in [0.15, 0.2) is 53.3 Å². The van der Waals surface area contributed by atoms with E-state index in [9.17, 15) is 18.0 Å². The van der Waals surface area contributed by atoms with Gasteiger partial charge < -0.3 is 9.42 Å². The number of hydrogen-bond donors (Lipinski definition) is 0. The lowest BCUT2D eigenvalue weighted by atomic mass is 9.84. The Morgan fingerprint density at radius 2 is 1.86 bits per heavy atom. The Bertz CT molecular complexity index is 973. The van der Waals surface area contributed by atoms with E-state index in [1.165, 1.54) is 12.1 Å². The summed E-state index contributed by atoms with van der Waals surface area (Å²) < 4.78 is 43.9. The van der Waals surface area contributed by atoms with E-state index < -0.39 is 11.7 Å². The average molecular weight is 402 g/mol. The molecule has 0 radical (unpaired) electrons. The number of carbonyl (C=O) groups is 1. The monoisotopic (exact) mass is 402 g/mol. The quantitative estimate of drug-likeness (QED) is 0.620. The summed E-state index contributed by atoms with van der Waals surface area (Å²) in [5.41, 5.74) is 0.755. The number of piperidine rings is 1. The number of rotatable bonds is 4. The summed E-state index contributed by atoms with van der Waals surface area (Å²) in [4.78, 5) is 21.5. The largest absolute Gasteiger partial charge is 0.416 e. The van der Waals surface area contributed by atoms with Crippen LogP contribution in [0.1, 0.15) is 35.3 Å². The summed E-state index contributed by atoms with van der Waals surface area (Å²) in [7, 11) is 0. The highest BCUT2D eigenvalue weighted by Crippen LogP contribution is 2.37. The van der Waals surface area contributed by atoms with Crippen molar-refractivity contribution in [1.82, 2.24) is 20.0 Å². The molecule has 150 valence electrons. The van der Waals surface area contributed by atoms with Gasteiger partial charge in [0, 0.05) is 37.0 Å². The van der Waals surface area contributed by atoms with E-state index in [2.05, 4.69) is 15.1 Å². The second-order valence-electron chi connectivity index (χ2n) is 7.01. The van der Waals surface area contributed by atoms with E-state index >= 15 is 0 Å². The van der Waals surface area contributed by atoms with Crippen molar-refractivity contribution in [1.29, 1.82) is 0 Å². The lowest BCUT2D eigenvalue weighted by Gasteiger charge is -2.34. The van der Waals surface area contributed by atoms with Gasteiger partial charge in [-0.2, -0.15) is 18.2 Å². The van der Waals surface area contributed by atoms with Crippen molar-refractivity contribution in [3.63, 3.8) is 0 Å². The number of nitrogens with zero attached hydrogens (tertiary/aromatic N) is 4. The zero-order valence-electron chi connectivity index (χ0n) is 15.2. The standard InChI is InChI=1S/C20H17F3N4O2/c21-20(22,23)17-5-3-13(4-6-17)15-8-16(11-27(10-15)12-28)19-25-18(26-29-19)14-2-1-7-24-9-14/h1-7,9,12,15-16H,8,10-11H2. The molecule has 3 aromatic rings. The van der Waals surface area contributed by atoms with Crippen molar-refractivity contribution >= 4 is 6.41 Å². The third kappa shape index (κ3) is 4.13. The highest BCUT2D eigenvalue weighted by Gasteiger charge is 2.34. The third-order valence-electron chi connectivity index (χ3n) is 5.05. The Labute approximate surface area is 164 Å². The van der Waals surface area contributed by atoms with Crippen LogP contribution >= 0.6 is 0 Å². The van der Waals surface area contributed by atoms with E-state index in [1.54, 1.807) is 23.4 Å². The van der Waals surface area contributed by atoms with Gasteiger partial charge in [-0.3, -0.25) is 9.78 Å². The number of amides is 1. The van der Waals surface area contributed by atoms with Crippen LogP contribution in [0.2, 0.25) is 0 Å². The van der Waals surface area contributed by atoms with Crippen molar-refractivity contribution in [2.24, 2.45) is 0 Å². The molecule has 1 aromatic carbocycles. The summed E-state index contributed by atoms with van der Waals surface area (Å²) in [5, 5.41) is 3.99. The van der Waals surface area contributed by atoms with E-state index in [4.69, 9.17) is 4.52 Å². The minimum atomic E-state index is -4.38. The summed E-state index contributed by atoms with van der Waals surface area (Å²) in [6.07, 6.45) is 0.210. The van der Waals surface area contributed by atoms with Gasteiger partial charge in [0.15, 0.2) is 0 Å². The van der Waals surface area contributed by atoms with E-state index in [0.717, 1.165) is 24.1 Å². The van der Waals surface area contributed by atoms with Crippen LogP contribution in [0.4, 0.5) is 13.2 Å². The van der Waals surface area contributed by atoms with Gasteiger partial charge >= 0.3 is 6.18 Å². The molecule has 0 saturated carbocycles. The Balaban J connectivity index is 1.56. The summed E-state index contributed by atoms with van der Waals surface area (Å²) in [6.45, 7) is 0.838. The molecular weight excluding hydrogens is 385 g/mol. The molecule has 2 unspecified atom stereocenters. The zero-order valence-corrected chi connectivity index (χ0v) is 15.2. The summed E-state index contributed by atoms with van der Waals surface area (Å²) in [5.74, 6) is 0.462. The number of halogens is 3.